The van der Waals surface area contributed by atoms with Crippen molar-refractivity contribution in [3.05, 3.63) is 81.2 Å². The molecule has 0 spiro atoms. The minimum atomic E-state index is 0.0758. The fraction of sp³-hybridized carbons (Fsp3) is 0.310. The highest BCUT2D eigenvalue weighted by Gasteiger charge is 2.22. The fourth-order valence-corrected chi connectivity index (χ4v) is 4.51. The molecule has 1 aliphatic rings. The lowest BCUT2D eigenvalue weighted by Crippen LogP contribution is -2.33. The largest absolute Gasteiger partial charge is 0.0909 e. The molecular formula is C29H32. The van der Waals surface area contributed by atoms with E-state index in [9.17, 15) is 0 Å². The summed E-state index contributed by atoms with van der Waals surface area (Å²) >= 11 is 0. The first-order valence-electron chi connectivity index (χ1n) is 10.6. The van der Waals surface area contributed by atoms with Crippen LogP contribution in [0.1, 0.15) is 63.8 Å². The zero-order valence-corrected chi connectivity index (χ0v) is 18.7. The van der Waals surface area contributed by atoms with E-state index in [-0.39, 0.29) is 10.8 Å². The van der Waals surface area contributed by atoms with Gasteiger partial charge >= 0.3 is 0 Å². The van der Waals surface area contributed by atoms with Crippen molar-refractivity contribution in [1.29, 1.82) is 0 Å². The molecule has 4 rings (SSSR count). The average Bonchev–Trinajstić information content (AvgIpc) is 2.99. The van der Waals surface area contributed by atoms with Crippen LogP contribution in [0.2, 0.25) is 0 Å². The Balaban J connectivity index is 1.77. The van der Waals surface area contributed by atoms with E-state index in [2.05, 4.69) is 103 Å². The van der Waals surface area contributed by atoms with Gasteiger partial charge in [0, 0.05) is 0 Å². The summed E-state index contributed by atoms with van der Waals surface area (Å²) in [4.78, 5) is 0. The van der Waals surface area contributed by atoms with Crippen LogP contribution in [-0.2, 0) is 17.3 Å². The lowest BCUT2D eigenvalue weighted by Gasteiger charge is -2.21. The van der Waals surface area contributed by atoms with E-state index in [1.807, 2.05) is 0 Å². The summed E-state index contributed by atoms with van der Waals surface area (Å²) in [6.45, 7) is 22.3. The van der Waals surface area contributed by atoms with Gasteiger partial charge in [-0.25, -0.2) is 0 Å². The number of hydrogen-bond acceptors (Lipinski definition) is 0. The molecule has 0 atom stereocenters. The van der Waals surface area contributed by atoms with Gasteiger partial charge in [-0.3, -0.25) is 0 Å². The second kappa shape index (κ2) is 6.46. The maximum absolute atomic E-state index is 4.38. The third kappa shape index (κ3) is 3.35. The second-order valence-electron chi connectivity index (χ2n) is 10.5. The van der Waals surface area contributed by atoms with Gasteiger partial charge in [0.25, 0.3) is 0 Å². The zero-order chi connectivity index (χ0) is 21.1. The molecule has 0 heterocycles. The van der Waals surface area contributed by atoms with E-state index < -0.39 is 0 Å². The van der Waals surface area contributed by atoms with Crippen LogP contribution in [0.15, 0.2) is 48.5 Å². The summed E-state index contributed by atoms with van der Waals surface area (Å²) in [6, 6.07) is 18.3. The fourth-order valence-electron chi connectivity index (χ4n) is 4.51. The smallest absolute Gasteiger partial charge is 0.00131 e. The highest BCUT2D eigenvalue weighted by Crippen LogP contribution is 2.40. The third-order valence-electron chi connectivity index (χ3n) is 6.30. The molecule has 0 aliphatic heterocycles. The first-order valence-corrected chi connectivity index (χ1v) is 10.6. The number of rotatable bonds is 1. The van der Waals surface area contributed by atoms with Crippen molar-refractivity contribution in [2.75, 3.05) is 0 Å². The molecule has 3 aromatic carbocycles. The Morgan fingerprint density at radius 3 is 1.83 bits per heavy atom. The molecule has 0 unspecified atom stereocenters. The highest BCUT2D eigenvalue weighted by molar-refractivity contribution is 5.80. The third-order valence-corrected chi connectivity index (χ3v) is 6.30. The molecule has 0 bridgehead atoms. The lowest BCUT2D eigenvalue weighted by atomic mass is 9.84. The van der Waals surface area contributed by atoms with Crippen LogP contribution in [0, 0.1) is 0 Å². The van der Waals surface area contributed by atoms with Gasteiger partial charge in [0.15, 0.2) is 0 Å². The Morgan fingerprint density at radius 2 is 1.21 bits per heavy atom. The SMILES string of the molecule is C=c1c(-c2ccc3c(c2)Cc2cc(C(C)(C)C)ccc2-3)ccc(C(C)(C)C)c1=C. The van der Waals surface area contributed by atoms with E-state index in [4.69, 9.17) is 0 Å². The van der Waals surface area contributed by atoms with Crippen LogP contribution in [0.3, 0.4) is 0 Å². The lowest BCUT2D eigenvalue weighted by molar-refractivity contribution is 0.586. The number of fused-ring (bicyclic) bond motifs is 3. The van der Waals surface area contributed by atoms with Crippen molar-refractivity contribution in [2.45, 2.75) is 58.8 Å². The summed E-state index contributed by atoms with van der Waals surface area (Å²) in [5.74, 6) is 0. The first kappa shape index (κ1) is 19.7. The van der Waals surface area contributed by atoms with Gasteiger partial charge in [-0.2, -0.15) is 0 Å². The molecule has 0 radical (unpaired) electrons. The molecule has 0 fully saturated rings. The highest BCUT2D eigenvalue weighted by atomic mass is 14.3. The van der Waals surface area contributed by atoms with Gasteiger partial charge < -0.3 is 0 Å². The predicted octanol–water partition coefficient (Wildman–Crippen LogP) is 6.34. The molecule has 0 saturated heterocycles. The second-order valence-corrected chi connectivity index (χ2v) is 10.5. The van der Waals surface area contributed by atoms with Crippen molar-refractivity contribution in [1.82, 2.24) is 0 Å². The zero-order valence-electron chi connectivity index (χ0n) is 18.7. The average molecular weight is 381 g/mol. The maximum Gasteiger partial charge on any atom is -0.00131 e. The van der Waals surface area contributed by atoms with Crippen molar-refractivity contribution < 1.29 is 0 Å². The van der Waals surface area contributed by atoms with E-state index in [1.165, 1.54) is 44.5 Å². The molecule has 0 nitrogen and oxygen atoms in total. The van der Waals surface area contributed by atoms with Gasteiger partial charge in [0.1, 0.15) is 0 Å². The van der Waals surface area contributed by atoms with E-state index in [1.54, 1.807) is 0 Å². The topological polar surface area (TPSA) is 0 Å². The Morgan fingerprint density at radius 1 is 0.621 bits per heavy atom. The monoisotopic (exact) mass is 380 g/mol. The molecule has 148 valence electrons. The van der Waals surface area contributed by atoms with Gasteiger partial charge in [0.05, 0.1) is 0 Å². The first-order chi connectivity index (χ1) is 13.5. The molecule has 0 saturated carbocycles. The van der Waals surface area contributed by atoms with Crippen LogP contribution < -0.4 is 10.4 Å². The van der Waals surface area contributed by atoms with Crippen molar-refractivity contribution >= 4 is 13.2 Å². The molecule has 0 N–H and O–H groups in total. The van der Waals surface area contributed by atoms with E-state index >= 15 is 0 Å². The Kier molecular flexibility index (Phi) is 4.39. The predicted molar refractivity (Wildman–Crippen MR) is 128 cm³/mol. The Labute approximate surface area is 175 Å². The summed E-state index contributed by atoms with van der Waals surface area (Å²) in [5.41, 5.74) is 11.0. The molecule has 0 heteroatoms. The van der Waals surface area contributed by atoms with Crippen molar-refractivity contribution in [3.8, 4) is 22.3 Å². The van der Waals surface area contributed by atoms with Crippen LogP contribution >= 0.6 is 0 Å². The molecule has 0 amide bonds. The summed E-state index contributed by atoms with van der Waals surface area (Å²) < 4.78 is 0. The standard InChI is InChI=1S/C29H32/c1-18-19(2)27(29(6,7)8)14-13-24(18)20-9-11-25-21(15-20)16-22-17-23(28(3,4)5)10-12-26(22)25/h9-15,17H,1-2,16H2,3-8H3. The molecule has 29 heavy (non-hydrogen) atoms. The van der Waals surface area contributed by atoms with Gasteiger partial charge in [0.2, 0.25) is 0 Å². The molecular weight excluding hydrogens is 348 g/mol. The maximum atomic E-state index is 4.38. The molecule has 0 aromatic heterocycles. The Hall–Kier alpha value is -2.60. The Bertz CT molecular complexity index is 1210. The van der Waals surface area contributed by atoms with E-state index in [0.717, 1.165) is 16.9 Å². The van der Waals surface area contributed by atoms with Gasteiger partial charge in [-0.15, -0.1) is 0 Å². The minimum Gasteiger partial charge on any atom is -0.0909 e. The van der Waals surface area contributed by atoms with Crippen LogP contribution in [-0.4, -0.2) is 0 Å². The van der Waals surface area contributed by atoms with Crippen molar-refractivity contribution in [2.24, 2.45) is 0 Å². The van der Waals surface area contributed by atoms with Gasteiger partial charge in [-0.1, -0.05) is 103 Å². The summed E-state index contributed by atoms with van der Waals surface area (Å²) in [5, 5.41) is 2.11. The van der Waals surface area contributed by atoms with Crippen LogP contribution in [0.25, 0.3) is 35.4 Å². The van der Waals surface area contributed by atoms with Gasteiger partial charge in [-0.05, 0) is 72.2 Å². The summed E-state index contributed by atoms with van der Waals surface area (Å²) in [7, 11) is 0. The number of hydrogen-bond donors (Lipinski definition) is 0. The van der Waals surface area contributed by atoms with Crippen molar-refractivity contribution in [3.63, 3.8) is 0 Å². The summed E-state index contributed by atoms with van der Waals surface area (Å²) in [6.07, 6.45) is 1.01. The molecule has 3 aromatic rings. The number of benzene rings is 3. The molecule has 1 aliphatic carbocycles. The normalized spacial score (nSPS) is 13.3. The quantitative estimate of drug-likeness (QED) is 0.361. The minimum absolute atomic E-state index is 0.0758. The van der Waals surface area contributed by atoms with Crippen LogP contribution in [0.5, 0.6) is 0 Å². The van der Waals surface area contributed by atoms with Crippen LogP contribution in [0.4, 0.5) is 0 Å². The van der Waals surface area contributed by atoms with E-state index in [0.29, 0.717) is 0 Å².